The molecule has 4 nitrogen and oxygen atoms in total. The summed E-state index contributed by atoms with van der Waals surface area (Å²) in [4.78, 5) is 5.50. The molecule has 2 heterocycles. The molecule has 2 rings (SSSR count). The lowest BCUT2D eigenvalue weighted by Gasteiger charge is -2.31. The highest BCUT2D eigenvalue weighted by Crippen LogP contribution is 2.31. The number of piperidine rings is 1. The highest BCUT2D eigenvalue weighted by atomic mass is 32.1. The van der Waals surface area contributed by atoms with Crippen LogP contribution in [0.4, 0.5) is 18.3 Å². The molecule has 0 aromatic carbocycles. The van der Waals surface area contributed by atoms with Gasteiger partial charge >= 0.3 is 6.18 Å². The number of halogens is 3. The van der Waals surface area contributed by atoms with E-state index in [1.807, 2.05) is 4.90 Å². The van der Waals surface area contributed by atoms with E-state index >= 15 is 0 Å². The first-order valence-corrected chi connectivity index (χ1v) is 7.53. The summed E-state index contributed by atoms with van der Waals surface area (Å²) in [6, 6.07) is 0.463. The molecule has 114 valence electrons. The lowest BCUT2D eigenvalue weighted by Crippen LogP contribution is -2.38. The SMILES string of the molecule is CC(C)NCC1CCN(c2nc(C(F)(F)F)ns2)CC1. The molecule has 0 bridgehead atoms. The standard InChI is InChI=1S/C12H19F3N4S/c1-8(2)16-7-9-3-5-19(6-4-9)11-17-10(18-20-11)12(13,14)15/h8-9,16H,3-7H2,1-2H3. The molecule has 0 saturated carbocycles. The van der Waals surface area contributed by atoms with Crippen LogP contribution in [0.3, 0.4) is 0 Å². The predicted octanol–water partition coefficient (Wildman–Crippen LogP) is 2.77. The van der Waals surface area contributed by atoms with Crippen molar-refractivity contribution in [3.63, 3.8) is 0 Å². The highest BCUT2D eigenvalue weighted by molar-refractivity contribution is 7.09. The maximum Gasteiger partial charge on any atom is 0.452 e. The normalized spacial score (nSPS) is 18.0. The topological polar surface area (TPSA) is 41.0 Å². The first-order valence-electron chi connectivity index (χ1n) is 6.75. The van der Waals surface area contributed by atoms with E-state index in [1.165, 1.54) is 0 Å². The molecule has 1 aromatic rings. The minimum absolute atomic E-state index is 0.382. The zero-order chi connectivity index (χ0) is 14.8. The van der Waals surface area contributed by atoms with Crippen LogP contribution in [0.15, 0.2) is 0 Å². The van der Waals surface area contributed by atoms with Crippen LogP contribution in [-0.4, -0.2) is 35.0 Å². The lowest BCUT2D eigenvalue weighted by molar-refractivity contribution is -0.144. The van der Waals surface area contributed by atoms with Crippen LogP contribution in [0.2, 0.25) is 0 Å². The van der Waals surface area contributed by atoms with Gasteiger partial charge in [0.15, 0.2) is 0 Å². The van der Waals surface area contributed by atoms with Gasteiger partial charge in [-0.3, -0.25) is 0 Å². The summed E-state index contributed by atoms with van der Waals surface area (Å²) in [6.07, 6.45) is -2.50. The molecule has 0 spiro atoms. The van der Waals surface area contributed by atoms with E-state index in [0.717, 1.165) is 44.0 Å². The number of alkyl halides is 3. The van der Waals surface area contributed by atoms with Gasteiger partial charge < -0.3 is 10.2 Å². The number of hydrogen-bond acceptors (Lipinski definition) is 5. The van der Waals surface area contributed by atoms with Gasteiger partial charge in [0.1, 0.15) is 0 Å². The molecule has 1 fully saturated rings. The Bertz CT molecular complexity index is 425. The van der Waals surface area contributed by atoms with Crippen molar-refractivity contribution in [2.45, 2.75) is 38.9 Å². The van der Waals surface area contributed by atoms with E-state index in [1.54, 1.807) is 0 Å². The maximum atomic E-state index is 12.5. The molecule has 0 amide bonds. The molecule has 1 saturated heterocycles. The monoisotopic (exact) mass is 308 g/mol. The van der Waals surface area contributed by atoms with Crippen molar-refractivity contribution in [2.75, 3.05) is 24.5 Å². The Morgan fingerprint density at radius 1 is 1.35 bits per heavy atom. The van der Waals surface area contributed by atoms with Crippen molar-refractivity contribution < 1.29 is 13.2 Å². The van der Waals surface area contributed by atoms with Crippen LogP contribution in [0, 0.1) is 5.92 Å². The van der Waals surface area contributed by atoms with Crippen molar-refractivity contribution in [1.29, 1.82) is 0 Å². The second kappa shape index (κ2) is 6.26. The third-order valence-electron chi connectivity index (χ3n) is 3.37. The van der Waals surface area contributed by atoms with Gasteiger partial charge in [-0.15, -0.1) is 0 Å². The largest absolute Gasteiger partial charge is 0.452 e. The zero-order valence-corrected chi connectivity index (χ0v) is 12.4. The number of aromatic nitrogens is 2. The van der Waals surface area contributed by atoms with Gasteiger partial charge in [0, 0.05) is 30.7 Å². The Morgan fingerprint density at radius 3 is 2.50 bits per heavy atom. The van der Waals surface area contributed by atoms with Crippen LogP contribution >= 0.6 is 11.5 Å². The average molecular weight is 308 g/mol. The third kappa shape index (κ3) is 4.05. The van der Waals surface area contributed by atoms with E-state index in [9.17, 15) is 13.2 Å². The van der Waals surface area contributed by atoms with Crippen molar-refractivity contribution in [1.82, 2.24) is 14.7 Å². The molecule has 0 atom stereocenters. The summed E-state index contributed by atoms with van der Waals surface area (Å²) in [5, 5.41) is 3.78. The van der Waals surface area contributed by atoms with Gasteiger partial charge in [-0.1, -0.05) is 13.8 Å². The molecule has 1 aromatic heterocycles. The summed E-state index contributed by atoms with van der Waals surface area (Å²) in [5.41, 5.74) is 0. The predicted molar refractivity (Wildman–Crippen MR) is 73.0 cm³/mol. The number of rotatable bonds is 4. The zero-order valence-electron chi connectivity index (χ0n) is 11.6. The fraction of sp³-hybridized carbons (Fsp3) is 0.833. The quantitative estimate of drug-likeness (QED) is 0.928. The Labute approximate surface area is 120 Å². The number of anilines is 1. The molecule has 1 N–H and O–H groups in total. The minimum Gasteiger partial charge on any atom is -0.347 e. The lowest BCUT2D eigenvalue weighted by atomic mass is 9.97. The Hall–Kier alpha value is -0.890. The molecular weight excluding hydrogens is 289 g/mol. The number of nitrogens with one attached hydrogen (secondary N) is 1. The fourth-order valence-electron chi connectivity index (χ4n) is 2.19. The Kier molecular flexibility index (Phi) is 4.85. The molecule has 8 heteroatoms. The molecule has 0 unspecified atom stereocenters. The van der Waals surface area contributed by atoms with Crippen LogP contribution in [0.1, 0.15) is 32.5 Å². The van der Waals surface area contributed by atoms with Crippen LogP contribution in [-0.2, 0) is 6.18 Å². The Morgan fingerprint density at radius 2 is 2.00 bits per heavy atom. The van der Waals surface area contributed by atoms with Crippen molar-refractivity contribution in [2.24, 2.45) is 5.92 Å². The number of nitrogens with zero attached hydrogens (tertiary/aromatic N) is 3. The fourth-order valence-corrected chi connectivity index (χ4v) is 2.93. The van der Waals surface area contributed by atoms with E-state index in [0.29, 0.717) is 17.1 Å². The van der Waals surface area contributed by atoms with Gasteiger partial charge in [-0.2, -0.15) is 22.5 Å². The van der Waals surface area contributed by atoms with E-state index in [-0.39, 0.29) is 0 Å². The Balaban J connectivity index is 1.86. The molecule has 1 aliphatic rings. The van der Waals surface area contributed by atoms with Gasteiger partial charge in [0.25, 0.3) is 0 Å². The number of hydrogen-bond donors (Lipinski definition) is 1. The third-order valence-corrected chi connectivity index (χ3v) is 4.15. The average Bonchev–Trinajstić information content (AvgIpc) is 2.86. The smallest absolute Gasteiger partial charge is 0.347 e. The summed E-state index contributed by atoms with van der Waals surface area (Å²) in [6.45, 7) is 6.67. The van der Waals surface area contributed by atoms with Crippen LogP contribution in [0.5, 0.6) is 0 Å². The first kappa shape index (κ1) is 15.5. The van der Waals surface area contributed by atoms with Gasteiger partial charge in [-0.05, 0) is 25.3 Å². The second-order valence-electron chi connectivity index (χ2n) is 5.39. The molecular formula is C12H19F3N4S. The first-order chi connectivity index (χ1) is 9.36. The maximum absolute atomic E-state index is 12.5. The second-order valence-corrected chi connectivity index (χ2v) is 6.12. The van der Waals surface area contributed by atoms with E-state index in [4.69, 9.17) is 0 Å². The van der Waals surface area contributed by atoms with Gasteiger partial charge in [0.2, 0.25) is 11.0 Å². The minimum atomic E-state index is -4.45. The van der Waals surface area contributed by atoms with Crippen molar-refractivity contribution in [3.8, 4) is 0 Å². The van der Waals surface area contributed by atoms with Gasteiger partial charge in [-0.25, -0.2) is 0 Å². The van der Waals surface area contributed by atoms with Crippen LogP contribution in [0.25, 0.3) is 0 Å². The summed E-state index contributed by atoms with van der Waals surface area (Å²) in [7, 11) is 0. The summed E-state index contributed by atoms with van der Waals surface area (Å²) < 4.78 is 40.8. The molecule has 20 heavy (non-hydrogen) atoms. The van der Waals surface area contributed by atoms with Gasteiger partial charge in [0.05, 0.1) is 0 Å². The van der Waals surface area contributed by atoms with Crippen molar-refractivity contribution in [3.05, 3.63) is 5.82 Å². The molecule has 1 aliphatic heterocycles. The molecule has 0 radical (unpaired) electrons. The van der Waals surface area contributed by atoms with Crippen LogP contribution < -0.4 is 10.2 Å². The summed E-state index contributed by atoms with van der Waals surface area (Å²) in [5.74, 6) is -0.440. The van der Waals surface area contributed by atoms with Crippen molar-refractivity contribution >= 4 is 16.7 Å². The molecule has 0 aliphatic carbocycles. The highest BCUT2D eigenvalue weighted by Gasteiger charge is 2.36. The van der Waals surface area contributed by atoms with E-state index in [2.05, 4.69) is 28.5 Å². The summed E-state index contributed by atoms with van der Waals surface area (Å²) >= 11 is 0.832. The van der Waals surface area contributed by atoms with E-state index < -0.39 is 12.0 Å².